The molecular weight excluding hydrogens is 198 g/mol. The molecule has 0 spiro atoms. The van der Waals surface area contributed by atoms with Crippen molar-refractivity contribution in [1.29, 1.82) is 5.26 Å². The van der Waals surface area contributed by atoms with Crippen LogP contribution >= 0.6 is 0 Å². The summed E-state index contributed by atoms with van der Waals surface area (Å²) >= 11 is 0. The molecule has 0 aliphatic carbocycles. The van der Waals surface area contributed by atoms with E-state index in [1.54, 1.807) is 12.4 Å². The van der Waals surface area contributed by atoms with Crippen molar-refractivity contribution in [2.24, 2.45) is 0 Å². The van der Waals surface area contributed by atoms with Gasteiger partial charge in [0.1, 0.15) is 0 Å². The van der Waals surface area contributed by atoms with E-state index in [2.05, 4.69) is 16.0 Å². The van der Waals surface area contributed by atoms with E-state index >= 15 is 0 Å². The Hall–Kier alpha value is -2.21. The van der Waals surface area contributed by atoms with Crippen molar-refractivity contribution in [1.82, 2.24) is 9.97 Å². The lowest BCUT2D eigenvalue weighted by atomic mass is 10.0. The topological polar surface area (TPSA) is 49.6 Å². The Kier molecular flexibility index (Phi) is 2.93. The van der Waals surface area contributed by atoms with Gasteiger partial charge in [-0.1, -0.05) is 18.2 Å². The van der Waals surface area contributed by atoms with E-state index in [1.807, 2.05) is 31.2 Å². The first-order valence-electron chi connectivity index (χ1n) is 5.05. The van der Waals surface area contributed by atoms with Gasteiger partial charge in [0.05, 0.1) is 23.0 Å². The molecular formula is C13H11N3. The van der Waals surface area contributed by atoms with Crippen LogP contribution in [0.25, 0.3) is 0 Å². The zero-order valence-corrected chi connectivity index (χ0v) is 9.01. The lowest BCUT2D eigenvalue weighted by Crippen LogP contribution is -1.97. The smallest absolute Gasteiger partial charge is 0.0994 e. The van der Waals surface area contributed by atoms with Crippen molar-refractivity contribution in [2.45, 2.75) is 13.3 Å². The van der Waals surface area contributed by atoms with Crippen molar-refractivity contribution >= 4 is 0 Å². The van der Waals surface area contributed by atoms with Gasteiger partial charge in [0, 0.05) is 18.8 Å². The molecule has 0 aliphatic heterocycles. The normalized spacial score (nSPS) is 9.75. The van der Waals surface area contributed by atoms with Crippen LogP contribution in [0.4, 0.5) is 0 Å². The summed E-state index contributed by atoms with van der Waals surface area (Å²) in [5.74, 6) is 0. The Morgan fingerprint density at radius 3 is 2.81 bits per heavy atom. The first-order chi connectivity index (χ1) is 7.79. The predicted octanol–water partition coefficient (Wildman–Crippen LogP) is 2.25. The number of hydrogen-bond donors (Lipinski definition) is 0. The zero-order valence-electron chi connectivity index (χ0n) is 9.01. The summed E-state index contributed by atoms with van der Waals surface area (Å²) in [5.41, 5.74) is 3.48. The Bertz CT molecular complexity index is 541. The Morgan fingerprint density at radius 1 is 1.25 bits per heavy atom. The highest BCUT2D eigenvalue weighted by Crippen LogP contribution is 2.11. The molecule has 1 aromatic heterocycles. The van der Waals surface area contributed by atoms with Crippen molar-refractivity contribution < 1.29 is 0 Å². The Morgan fingerprint density at radius 2 is 2.06 bits per heavy atom. The Labute approximate surface area is 94.4 Å². The van der Waals surface area contributed by atoms with E-state index in [4.69, 9.17) is 5.26 Å². The van der Waals surface area contributed by atoms with Gasteiger partial charge in [-0.05, 0) is 18.6 Å². The standard InChI is InChI=1S/C13H11N3/c1-10-8-15-9-13(16-10)6-11-4-2-3-5-12(11)7-14/h2-5,8-9H,6H2,1H3. The van der Waals surface area contributed by atoms with Crippen molar-refractivity contribution in [3.63, 3.8) is 0 Å². The summed E-state index contributed by atoms with van der Waals surface area (Å²) in [5, 5.41) is 8.97. The second-order valence-corrected chi connectivity index (χ2v) is 3.60. The van der Waals surface area contributed by atoms with Crippen LogP contribution in [-0.4, -0.2) is 9.97 Å². The number of hydrogen-bond acceptors (Lipinski definition) is 3. The summed E-state index contributed by atoms with van der Waals surface area (Å²) in [6, 6.07) is 9.74. The molecule has 0 unspecified atom stereocenters. The molecule has 0 aliphatic rings. The van der Waals surface area contributed by atoms with Gasteiger partial charge in [0.15, 0.2) is 0 Å². The van der Waals surface area contributed by atoms with Gasteiger partial charge in [0.25, 0.3) is 0 Å². The van der Waals surface area contributed by atoms with Crippen LogP contribution in [0.15, 0.2) is 36.7 Å². The van der Waals surface area contributed by atoms with Gasteiger partial charge < -0.3 is 0 Å². The summed E-state index contributed by atoms with van der Waals surface area (Å²) in [6.45, 7) is 1.91. The van der Waals surface area contributed by atoms with E-state index in [-0.39, 0.29) is 0 Å². The predicted molar refractivity (Wildman–Crippen MR) is 60.7 cm³/mol. The second kappa shape index (κ2) is 4.54. The molecule has 0 saturated heterocycles. The van der Waals surface area contributed by atoms with Crippen molar-refractivity contribution in [3.05, 3.63) is 59.2 Å². The monoisotopic (exact) mass is 209 g/mol. The average molecular weight is 209 g/mol. The van der Waals surface area contributed by atoms with Crippen LogP contribution in [0.5, 0.6) is 0 Å². The average Bonchev–Trinajstić information content (AvgIpc) is 2.30. The minimum absolute atomic E-state index is 0.651. The molecule has 0 radical (unpaired) electrons. The molecule has 3 nitrogen and oxygen atoms in total. The highest BCUT2D eigenvalue weighted by atomic mass is 14.8. The molecule has 78 valence electrons. The number of nitrogens with zero attached hydrogens (tertiary/aromatic N) is 3. The maximum atomic E-state index is 8.97. The van der Waals surface area contributed by atoms with Crippen LogP contribution in [0, 0.1) is 18.3 Å². The van der Waals surface area contributed by atoms with Gasteiger partial charge in [-0.3, -0.25) is 9.97 Å². The minimum Gasteiger partial charge on any atom is -0.261 e. The molecule has 0 bridgehead atoms. The molecule has 1 heterocycles. The van der Waals surface area contributed by atoms with E-state index in [0.29, 0.717) is 12.0 Å². The molecule has 0 amide bonds. The first-order valence-corrected chi connectivity index (χ1v) is 5.05. The molecule has 16 heavy (non-hydrogen) atoms. The van der Waals surface area contributed by atoms with Gasteiger partial charge in [-0.2, -0.15) is 5.26 Å². The molecule has 2 aromatic rings. The maximum absolute atomic E-state index is 8.97. The van der Waals surface area contributed by atoms with Gasteiger partial charge in [-0.25, -0.2) is 0 Å². The maximum Gasteiger partial charge on any atom is 0.0994 e. The van der Waals surface area contributed by atoms with Crippen LogP contribution < -0.4 is 0 Å². The molecule has 2 rings (SSSR count). The van der Waals surface area contributed by atoms with Crippen LogP contribution in [0.2, 0.25) is 0 Å². The molecule has 1 aromatic carbocycles. The summed E-state index contributed by atoms with van der Waals surface area (Å²) in [4.78, 5) is 8.46. The Balaban J connectivity index is 2.31. The van der Waals surface area contributed by atoms with Crippen LogP contribution in [0.3, 0.4) is 0 Å². The SMILES string of the molecule is Cc1cncc(Cc2ccccc2C#N)n1. The van der Waals surface area contributed by atoms with Gasteiger partial charge in [-0.15, -0.1) is 0 Å². The summed E-state index contributed by atoms with van der Waals surface area (Å²) in [6.07, 6.45) is 4.11. The van der Waals surface area contributed by atoms with Gasteiger partial charge in [0.2, 0.25) is 0 Å². The van der Waals surface area contributed by atoms with Crippen molar-refractivity contribution in [2.75, 3.05) is 0 Å². The highest BCUT2D eigenvalue weighted by molar-refractivity contribution is 5.39. The quantitative estimate of drug-likeness (QED) is 0.762. The second-order valence-electron chi connectivity index (χ2n) is 3.60. The molecule has 3 heteroatoms. The minimum atomic E-state index is 0.651. The van der Waals surface area contributed by atoms with E-state index in [0.717, 1.165) is 17.0 Å². The van der Waals surface area contributed by atoms with Gasteiger partial charge >= 0.3 is 0 Å². The fourth-order valence-electron chi connectivity index (χ4n) is 1.58. The highest BCUT2D eigenvalue weighted by Gasteiger charge is 2.03. The van der Waals surface area contributed by atoms with E-state index < -0.39 is 0 Å². The molecule has 0 atom stereocenters. The summed E-state index contributed by atoms with van der Waals surface area (Å²) in [7, 11) is 0. The van der Waals surface area contributed by atoms with Crippen LogP contribution in [-0.2, 0) is 6.42 Å². The molecule has 0 fully saturated rings. The number of aromatic nitrogens is 2. The number of rotatable bonds is 2. The van der Waals surface area contributed by atoms with E-state index in [1.165, 1.54) is 0 Å². The van der Waals surface area contributed by atoms with E-state index in [9.17, 15) is 0 Å². The zero-order chi connectivity index (χ0) is 11.4. The third-order valence-corrected chi connectivity index (χ3v) is 2.31. The third-order valence-electron chi connectivity index (χ3n) is 2.31. The number of aryl methyl sites for hydroxylation is 1. The van der Waals surface area contributed by atoms with Crippen LogP contribution in [0.1, 0.15) is 22.5 Å². The molecule has 0 N–H and O–H groups in total. The van der Waals surface area contributed by atoms with Crippen molar-refractivity contribution in [3.8, 4) is 6.07 Å². The third kappa shape index (κ3) is 2.23. The number of nitriles is 1. The fraction of sp³-hybridized carbons (Fsp3) is 0.154. The lowest BCUT2D eigenvalue weighted by Gasteiger charge is -2.03. The number of benzene rings is 1. The summed E-state index contributed by atoms with van der Waals surface area (Å²) < 4.78 is 0. The largest absolute Gasteiger partial charge is 0.261 e. The lowest BCUT2D eigenvalue weighted by molar-refractivity contribution is 0.990. The first kappa shape index (κ1) is 10.3. The fourth-order valence-corrected chi connectivity index (χ4v) is 1.58. The molecule has 0 saturated carbocycles.